The van der Waals surface area contributed by atoms with E-state index in [1.54, 1.807) is 12.1 Å². The van der Waals surface area contributed by atoms with Crippen molar-refractivity contribution in [2.45, 2.75) is 32.4 Å². The Hall–Kier alpha value is -2.82. The first-order valence-corrected chi connectivity index (χ1v) is 11.9. The third-order valence-electron chi connectivity index (χ3n) is 6.38. The van der Waals surface area contributed by atoms with E-state index in [-0.39, 0.29) is 11.9 Å². The van der Waals surface area contributed by atoms with Crippen LogP contribution >= 0.6 is 11.6 Å². The maximum Gasteiger partial charge on any atom is 0.258 e. The first-order valence-electron chi connectivity index (χ1n) is 11.5. The van der Waals surface area contributed by atoms with Crippen molar-refractivity contribution in [2.24, 2.45) is 0 Å². The van der Waals surface area contributed by atoms with Crippen molar-refractivity contribution in [1.29, 1.82) is 0 Å². The van der Waals surface area contributed by atoms with Crippen LogP contribution in [0.2, 0.25) is 5.02 Å². The second-order valence-corrected chi connectivity index (χ2v) is 9.53. The van der Waals surface area contributed by atoms with Crippen LogP contribution in [0.3, 0.4) is 0 Å². The average Bonchev–Trinajstić information content (AvgIpc) is 2.82. The van der Waals surface area contributed by atoms with Crippen molar-refractivity contribution in [1.82, 2.24) is 4.90 Å². The molecule has 1 heterocycles. The minimum Gasteiger partial charge on any atom is -0.378 e. The van der Waals surface area contributed by atoms with E-state index in [9.17, 15) is 4.79 Å². The Bertz CT molecular complexity index is 1070. The Kier molecular flexibility index (Phi) is 7.36. The van der Waals surface area contributed by atoms with Crippen LogP contribution in [0.15, 0.2) is 72.8 Å². The van der Waals surface area contributed by atoms with Gasteiger partial charge in [-0.3, -0.25) is 9.69 Å². The third kappa shape index (κ3) is 5.76. The van der Waals surface area contributed by atoms with E-state index in [2.05, 4.69) is 79.3 Å². The molecule has 1 fully saturated rings. The number of nitrogens with zero attached hydrogens (tertiary/aromatic N) is 3. The summed E-state index contributed by atoms with van der Waals surface area (Å²) >= 11 is 6.19. The molecule has 0 aliphatic carbocycles. The van der Waals surface area contributed by atoms with E-state index >= 15 is 0 Å². The molecule has 3 aromatic rings. The van der Waals surface area contributed by atoms with E-state index in [0.29, 0.717) is 10.6 Å². The Morgan fingerprint density at radius 2 is 1.58 bits per heavy atom. The summed E-state index contributed by atoms with van der Waals surface area (Å²) in [5.41, 5.74) is 5.30. The van der Waals surface area contributed by atoms with Gasteiger partial charge in [-0.25, -0.2) is 0 Å². The van der Waals surface area contributed by atoms with Gasteiger partial charge in [0.25, 0.3) is 5.91 Å². The zero-order valence-corrected chi connectivity index (χ0v) is 20.4. The highest BCUT2D eigenvalue weighted by Crippen LogP contribution is 2.28. The van der Waals surface area contributed by atoms with Crippen molar-refractivity contribution in [3.63, 3.8) is 0 Å². The molecule has 0 spiro atoms. The highest BCUT2D eigenvalue weighted by molar-refractivity contribution is 6.31. The molecule has 4 rings (SSSR count). The fourth-order valence-corrected chi connectivity index (χ4v) is 4.64. The maximum absolute atomic E-state index is 13.6. The van der Waals surface area contributed by atoms with E-state index < -0.39 is 0 Å². The second-order valence-electron chi connectivity index (χ2n) is 9.09. The van der Waals surface area contributed by atoms with Gasteiger partial charge in [-0.2, -0.15) is 0 Å². The number of anilines is 2. The largest absolute Gasteiger partial charge is 0.378 e. The van der Waals surface area contributed by atoms with Crippen LogP contribution in [0.4, 0.5) is 11.4 Å². The molecular formula is C28H32ClN3O. The summed E-state index contributed by atoms with van der Waals surface area (Å²) in [5.74, 6) is 0.0130. The number of amides is 1. The summed E-state index contributed by atoms with van der Waals surface area (Å²) in [5, 5.41) is 0.583. The lowest BCUT2D eigenvalue weighted by Crippen LogP contribution is -2.47. The number of likely N-dealkylation sites (tertiary alicyclic amines) is 1. The minimum atomic E-state index is 0.0130. The van der Waals surface area contributed by atoms with Gasteiger partial charge >= 0.3 is 0 Å². The molecule has 3 aromatic carbocycles. The number of hydrogen-bond acceptors (Lipinski definition) is 3. The van der Waals surface area contributed by atoms with Gasteiger partial charge in [0.2, 0.25) is 0 Å². The van der Waals surface area contributed by atoms with Crippen LogP contribution in [0, 0.1) is 6.92 Å². The second kappa shape index (κ2) is 10.4. The van der Waals surface area contributed by atoms with Crippen molar-refractivity contribution < 1.29 is 4.79 Å². The minimum absolute atomic E-state index is 0.0130. The van der Waals surface area contributed by atoms with Gasteiger partial charge in [0.1, 0.15) is 0 Å². The van der Waals surface area contributed by atoms with Crippen molar-refractivity contribution in [3.8, 4) is 0 Å². The molecule has 1 aliphatic rings. The third-order valence-corrected chi connectivity index (χ3v) is 6.62. The highest BCUT2D eigenvalue weighted by atomic mass is 35.5. The lowest BCUT2D eigenvalue weighted by atomic mass is 10.00. The maximum atomic E-state index is 13.6. The normalized spacial score (nSPS) is 14.8. The van der Waals surface area contributed by atoms with Crippen LogP contribution in [0.1, 0.15) is 34.3 Å². The first-order chi connectivity index (χ1) is 15.9. The average molecular weight is 462 g/mol. The number of carbonyl (C=O) groups excluding carboxylic acids is 1. The molecule has 1 saturated heterocycles. The molecule has 0 aromatic heterocycles. The van der Waals surface area contributed by atoms with Crippen molar-refractivity contribution >= 4 is 28.9 Å². The van der Waals surface area contributed by atoms with Gasteiger partial charge in [-0.05, 0) is 67.8 Å². The number of aryl methyl sites for hydroxylation is 1. The van der Waals surface area contributed by atoms with Crippen LogP contribution in [0.5, 0.6) is 0 Å². The molecule has 4 nitrogen and oxygen atoms in total. The molecule has 33 heavy (non-hydrogen) atoms. The van der Waals surface area contributed by atoms with E-state index in [0.717, 1.165) is 38.2 Å². The number of piperidine rings is 1. The van der Waals surface area contributed by atoms with Gasteiger partial charge in [-0.15, -0.1) is 0 Å². The highest BCUT2D eigenvalue weighted by Gasteiger charge is 2.30. The molecule has 172 valence electrons. The molecule has 1 amide bonds. The monoisotopic (exact) mass is 461 g/mol. The van der Waals surface area contributed by atoms with Crippen LogP contribution in [-0.4, -0.2) is 44.0 Å². The summed E-state index contributed by atoms with van der Waals surface area (Å²) in [6, 6.07) is 24.4. The quantitative estimate of drug-likeness (QED) is 0.448. The standard InChI is InChI=1S/C28H32ClN3O/c1-21-7-11-26(12-8-21)32(28(33)23-5-4-6-24(29)19-23)27-15-17-31(18-16-27)20-22-9-13-25(14-10-22)30(2)3/h4-14,19,27H,15-18,20H2,1-3H3. The van der Waals surface area contributed by atoms with Crippen molar-refractivity contribution in [3.05, 3.63) is 94.5 Å². The zero-order chi connectivity index (χ0) is 23.4. The molecule has 1 aliphatic heterocycles. The van der Waals surface area contributed by atoms with Gasteiger partial charge in [-0.1, -0.05) is 47.5 Å². The Morgan fingerprint density at radius 3 is 2.18 bits per heavy atom. The molecule has 0 unspecified atom stereocenters. The first kappa shape index (κ1) is 23.3. The van der Waals surface area contributed by atoms with Gasteiger partial charge < -0.3 is 9.80 Å². The smallest absolute Gasteiger partial charge is 0.258 e. The summed E-state index contributed by atoms with van der Waals surface area (Å²) in [6.45, 7) is 4.93. The van der Waals surface area contributed by atoms with Crippen LogP contribution in [-0.2, 0) is 6.54 Å². The lowest BCUT2D eigenvalue weighted by Gasteiger charge is -2.39. The van der Waals surface area contributed by atoms with E-state index in [1.807, 2.05) is 17.0 Å². The Morgan fingerprint density at radius 1 is 0.939 bits per heavy atom. The molecule has 5 heteroatoms. The summed E-state index contributed by atoms with van der Waals surface area (Å²) in [6.07, 6.45) is 1.88. The molecule has 0 radical (unpaired) electrons. The summed E-state index contributed by atoms with van der Waals surface area (Å²) < 4.78 is 0. The molecular weight excluding hydrogens is 430 g/mol. The SMILES string of the molecule is Cc1ccc(N(C(=O)c2cccc(Cl)c2)C2CCN(Cc3ccc(N(C)C)cc3)CC2)cc1. The number of rotatable bonds is 6. The Labute approximate surface area is 202 Å². The fraction of sp³-hybridized carbons (Fsp3) is 0.321. The van der Waals surface area contributed by atoms with Crippen LogP contribution < -0.4 is 9.80 Å². The number of halogens is 1. The van der Waals surface area contributed by atoms with Gasteiger partial charge in [0.15, 0.2) is 0 Å². The number of hydrogen-bond donors (Lipinski definition) is 0. The zero-order valence-electron chi connectivity index (χ0n) is 19.7. The lowest BCUT2D eigenvalue weighted by molar-refractivity contribution is 0.0958. The fourth-order valence-electron chi connectivity index (χ4n) is 4.45. The predicted molar refractivity (Wildman–Crippen MR) is 139 cm³/mol. The molecule has 0 bridgehead atoms. The number of carbonyl (C=O) groups is 1. The van der Waals surface area contributed by atoms with Gasteiger partial charge in [0, 0.05) is 61.7 Å². The van der Waals surface area contributed by atoms with Crippen molar-refractivity contribution in [2.75, 3.05) is 37.0 Å². The topological polar surface area (TPSA) is 26.8 Å². The number of benzene rings is 3. The Balaban J connectivity index is 1.48. The molecule has 0 atom stereocenters. The molecule has 0 N–H and O–H groups in total. The van der Waals surface area contributed by atoms with Crippen LogP contribution in [0.25, 0.3) is 0 Å². The summed E-state index contributed by atoms with van der Waals surface area (Å²) in [7, 11) is 4.12. The van der Waals surface area contributed by atoms with E-state index in [1.165, 1.54) is 16.8 Å². The summed E-state index contributed by atoms with van der Waals surface area (Å²) in [4.78, 5) is 20.2. The predicted octanol–water partition coefficient (Wildman–Crippen LogP) is 6.03. The van der Waals surface area contributed by atoms with E-state index in [4.69, 9.17) is 11.6 Å². The van der Waals surface area contributed by atoms with Gasteiger partial charge in [0.05, 0.1) is 0 Å². The molecule has 0 saturated carbocycles.